The Balaban J connectivity index is 1.59. The highest BCUT2D eigenvalue weighted by Gasteiger charge is 2.22. The number of piperazine rings is 1. The number of aromatic nitrogens is 3. The third-order valence-corrected chi connectivity index (χ3v) is 6.32. The van der Waals surface area contributed by atoms with Gasteiger partial charge in [-0.25, -0.2) is 19.4 Å². The molecule has 3 heterocycles. The Morgan fingerprint density at radius 3 is 2.64 bits per heavy atom. The van der Waals surface area contributed by atoms with E-state index in [9.17, 15) is 9.18 Å². The molecule has 0 saturated carbocycles. The summed E-state index contributed by atoms with van der Waals surface area (Å²) in [5, 5.41) is 9.51. The molecule has 1 amide bonds. The number of nitrogens with one attached hydrogen (secondary N) is 2. The molecule has 11 nitrogen and oxygen atoms in total. The Morgan fingerprint density at radius 2 is 2.00 bits per heavy atom. The number of halogens is 1. The van der Waals surface area contributed by atoms with Crippen LogP contribution < -0.4 is 21.3 Å². The summed E-state index contributed by atoms with van der Waals surface area (Å²) >= 11 is 0. The van der Waals surface area contributed by atoms with Gasteiger partial charge in [-0.05, 0) is 30.9 Å². The molecule has 0 bridgehead atoms. The first kappa shape index (κ1) is 27.7. The number of rotatable bonds is 8. The maximum atomic E-state index is 14.8. The first-order valence-electron chi connectivity index (χ1n) is 12.7. The maximum absolute atomic E-state index is 14.8. The largest absolute Gasteiger partial charge is 0.382 e. The number of nitrogens with two attached hydrogens (primary N) is 1. The van der Waals surface area contributed by atoms with Crippen LogP contribution in [0.15, 0.2) is 52.8 Å². The van der Waals surface area contributed by atoms with Crippen LogP contribution in [0.1, 0.15) is 49.5 Å². The molecule has 0 radical (unpaired) electrons. The van der Waals surface area contributed by atoms with Gasteiger partial charge in [0.15, 0.2) is 11.7 Å². The van der Waals surface area contributed by atoms with Crippen molar-refractivity contribution in [1.82, 2.24) is 20.0 Å². The standard InChI is InChI=1S/C27H34FN9O2/c1-6-30-20-16-31-26(37-12-10-36(7-2)11-13-37)34-23(20)24(29)32-19-14-17(8-9-18(19)28)25(38)33-22-15-21(39-35-22)27(3,4)5/h6,8-9,14-16,30H,1,7,10-13H2,2-5H3,(H2,29,32)(H,33,35,38). The van der Waals surface area contributed by atoms with Gasteiger partial charge in [-0.2, -0.15) is 0 Å². The summed E-state index contributed by atoms with van der Waals surface area (Å²) in [4.78, 5) is 30.7. The molecule has 0 aliphatic carbocycles. The lowest BCUT2D eigenvalue weighted by Gasteiger charge is -2.34. The van der Waals surface area contributed by atoms with Gasteiger partial charge in [0.05, 0.1) is 11.9 Å². The van der Waals surface area contributed by atoms with Crippen molar-refractivity contribution in [3.05, 3.63) is 66.1 Å². The molecule has 12 heteroatoms. The van der Waals surface area contributed by atoms with E-state index in [2.05, 4.69) is 54.1 Å². The zero-order valence-corrected chi connectivity index (χ0v) is 22.7. The van der Waals surface area contributed by atoms with Crippen molar-refractivity contribution in [3.8, 4) is 0 Å². The van der Waals surface area contributed by atoms with Gasteiger partial charge in [-0.15, -0.1) is 0 Å². The molecule has 0 spiro atoms. The van der Waals surface area contributed by atoms with Crippen molar-refractivity contribution in [2.75, 3.05) is 48.3 Å². The zero-order chi connectivity index (χ0) is 28.2. The molecule has 3 aromatic rings. The minimum atomic E-state index is -0.644. The predicted molar refractivity (Wildman–Crippen MR) is 150 cm³/mol. The first-order valence-corrected chi connectivity index (χ1v) is 12.7. The van der Waals surface area contributed by atoms with Crippen LogP contribution in [-0.4, -0.2) is 64.5 Å². The van der Waals surface area contributed by atoms with E-state index in [0.29, 0.717) is 23.1 Å². The van der Waals surface area contributed by atoms with Crippen LogP contribution in [0.25, 0.3) is 0 Å². The van der Waals surface area contributed by atoms with Gasteiger partial charge in [0.25, 0.3) is 5.91 Å². The van der Waals surface area contributed by atoms with E-state index >= 15 is 0 Å². The average Bonchev–Trinajstić information content (AvgIpc) is 3.39. The Hall–Kier alpha value is -4.32. The van der Waals surface area contributed by atoms with Gasteiger partial charge >= 0.3 is 0 Å². The summed E-state index contributed by atoms with van der Waals surface area (Å²) in [6.07, 6.45) is 3.06. The average molecular weight is 536 g/mol. The van der Waals surface area contributed by atoms with Gasteiger partial charge in [0.1, 0.15) is 23.0 Å². The van der Waals surface area contributed by atoms with Crippen LogP contribution in [0, 0.1) is 5.82 Å². The summed E-state index contributed by atoms with van der Waals surface area (Å²) in [7, 11) is 0. The summed E-state index contributed by atoms with van der Waals surface area (Å²) in [6, 6.07) is 5.48. The van der Waals surface area contributed by atoms with Crippen molar-refractivity contribution in [1.29, 1.82) is 0 Å². The molecule has 1 saturated heterocycles. The number of amidine groups is 1. The third kappa shape index (κ3) is 6.58. The van der Waals surface area contributed by atoms with Crippen molar-refractivity contribution < 1.29 is 13.7 Å². The van der Waals surface area contributed by atoms with E-state index in [1.54, 1.807) is 12.3 Å². The van der Waals surface area contributed by atoms with E-state index in [0.717, 1.165) is 38.8 Å². The minimum Gasteiger partial charge on any atom is -0.382 e. The molecular weight excluding hydrogens is 501 g/mol. The summed E-state index contributed by atoms with van der Waals surface area (Å²) in [6.45, 7) is 16.1. The van der Waals surface area contributed by atoms with Crippen molar-refractivity contribution in [3.63, 3.8) is 0 Å². The smallest absolute Gasteiger partial charge is 0.256 e. The Labute approximate surface area is 227 Å². The second-order valence-electron chi connectivity index (χ2n) is 10.1. The molecule has 1 aromatic carbocycles. The monoisotopic (exact) mass is 535 g/mol. The van der Waals surface area contributed by atoms with Gasteiger partial charge in [0, 0.05) is 43.2 Å². The second-order valence-corrected chi connectivity index (χ2v) is 10.1. The van der Waals surface area contributed by atoms with Crippen molar-refractivity contribution in [2.24, 2.45) is 10.7 Å². The number of likely N-dealkylation sites (N-methyl/N-ethyl adjacent to an activating group) is 1. The normalized spacial score (nSPS) is 14.8. The number of nitrogens with zero attached hydrogens (tertiary/aromatic N) is 6. The van der Waals surface area contributed by atoms with E-state index in [4.69, 9.17) is 10.3 Å². The number of carbonyl (C=O) groups is 1. The topological polar surface area (TPSA) is 138 Å². The van der Waals surface area contributed by atoms with Gasteiger partial charge in [-0.3, -0.25) is 4.79 Å². The molecule has 1 fully saturated rings. The highest BCUT2D eigenvalue weighted by Crippen LogP contribution is 2.26. The van der Waals surface area contributed by atoms with Crippen LogP contribution in [0.5, 0.6) is 0 Å². The fourth-order valence-corrected chi connectivity index (χ4v) is 4.00. The molecule has 1 aliphatic rings. The predicted octanol–water partition coefficient (Wildman–Crippen LogP) is 3.89. The third-order valence-electron chi connectivity index (χ3n) is 6.32. The number of aliphatic imine (C=N–C) groups is 1. The molecule has 4 rings (SSSR count). The summed E-state index contributed by atoms with van der Waals surface area (Å²) < 4.78 is 20.1. The Kier molecular flexibility index (Phi) is 8.24. The SMILES string of the molecule is C=CNc1cnc(N2CCN(CC)CC2)nc1C(N)=Nc1cc(C(=O)Nc2cc(C(C)(C)C)on2)ccc1F. The number of hydrogen-bond donors (Lipinski definition) is 3. The highest BCUT2D eigenvalue weighted by atomic mass is 19.1. The lowest BCUT2D eigenvalue weighted by atomic mass is 9.93. The summed E-state index contributed by atoms with van der Waals surface area (Å²) in [5.41, 5.74) is 6.89. The van der Waals surface area contributed by atoms with E-state index in [1.807, 2.05) is 20.8 Å². The molecule has 0 unspecified atom stereocenters. The van der Waals surface area contributed by atoms with Crippen LogP contribution >= 0.6 is 0 Å². The van der Waals surface area contributed by atoms with E-state index in [-0.39, 0.29) is 28.3 Å². The number of amides is 1. The fraction of sp³-hybridized carbons (Fsp3) is 0.370. The molecule has 2 aromatic heterocycles. The number of carbonyl (C=O) groups excluding carboxylic acids is 1. The van der Waals surface area contributed by atoms with Crippen LogP contribution in [0.4, 0.5) is 27.5 Å². The molecule has 0 atom stereocenters. The van der Waals surface area contributed by atoms with Gasteiger partial charge in [0.2, 0.25) is 5.95 Å². The first-order chi connectivity index (χ1) is 18.6. The van der Waals surface area contributed by atoms with Crippen LogP contribution in [0.2, 0.25) is 0 Å². The van der Waals surface area contributed by atoms with Crippen molar-refractivity contribution >= 4 is 34.9 Å². The van der Waals surface area contributed by atoms with E-state index in [1.165, 1.54) is 18.3 Å². The van der Waals surface area contributed by atoms with Crippen LogP contribution in [0.3, 0.4) is 0 Å². The highest BCUT2D eigenvalue weighted by molar-refractivity contribution is 6.05. The summed E-state index contributed by atoms with van der Waals surface area (Å²) in [5.74, 6) is 0.197. The maximum Gasteiger partial charge on any atom is 0.256 e. The molecule has 39 heavy (non-hydrogen) atoms. The van der Waals surface area contributed by atoms with Gasteiger partial charge < -0.3 is 30.7 Å². The lowest BCUT2D eigenvalue weighted by Crippen LogP contribution is -2.46. The van der Waals surface area contributed by atoms with E-state index < -0.39 is 11.7 Å². The van der Waals surface area contributed by atoms with Gasteiger partial charge in [-0.1, -0.05) is 39.4 Å². The molecule has 206 valence electrons. The van der Waals surface area contributed by atoms with Crippen LogP contribution in [-0.2, 0) is 5.41 Å². The minimum absolute atomic E-state index is 0.0435. The molecule has 1 aliphatic heterocycles. The molecule has 4 N–H and O–H groups in total. The molecular formula is C27H34FN9O2. The zero-order valence-electron chi connectivity index (χ0n) is 22.7. The number of hydrogen-bond acceptors (Lipinski definition) is 9. The quantitative estimate of drug-likeness (QED) is 0.290. The number of benzene rings is 1. The Bertz CT molecular complexity index is 1370. The fourth-order valence-electron chi connectivity index (χ4n) is 4.00. The lowest BCUT2D eigenvalue weighted by molar-refractivity contribution is 0.102. The second kappa shape index (κ2) is 11.6. The van der Waals surface area contributed by atoms with Crippen molar-refractivity contribution in [2.45, 2.75) is 33.1 Å². The number of anilines is 3. The Morgan fingerprint density at radius 1 is 1.26 bits per heavy atom.